The van der Waals surface area contributed by atoms with Crippen LogP contribution in [0.4, 0.5) is 19.0 Å². The van der Waals surface area contributed by atoms with Crippen LogP contribution in [0.1, 0.15) is 6.42 Å². The first-order valence-corrected chi connectivity index (χ1v) is 7.93. The zero-order valence-corrected chi connectivity index (χ0v) is 13.5. The van der Waals surface area contributed by atoms with Gasteiger partial charge in [0.15, 0.2) is 11.6 Å². The molecular formula is C17H16ClF3N2O. The zero-order chi connectivity index (χ0) is 17.3. The smallest absolute Gasteiger partial charge is 0.270 e. The van der Waals surface area contributed by atoms with Gasteiger partial charge in [-0.1, -0.05) is 23.7 Å². The van der Waals surface area contributed by atoms with E-state index in [0.717, 1.165) is 0 Å². The highest BCUT2D eigenvalue weighted by atomic mass is 35.5. The summed E-state index contributed by atoms with van der Waals surface area (Å²) < 4.78 is 42.3. The fraction of sp³-hybridized carbons (Fsp3) is 0.353. The molecule has 7 heteroatoms. The minimum atomic E-state index is -3.08. The van der Waals surface area contributed by atoms with Crippen LogP contribution in [0.2, 0.25) is 5.02 Å². The highest BCUT2D eigenvalue weighted by Crippen LogP contribution is 2.35. The maximum atomic E-state index is 14.4. The molecule has 2 heterocycles. The topological polar surface area (TPSA) is 36.4 Å². The average molecular weight is 357 g/mol. The van der Waals surface area contributed by atoms with E-state index in [1.165, 1.54) is 17.2 Å². The first kappa shape index (κ1) is 17.0. The predicted molar refractivity (Wildman–Crippen MR) is 87.0 cm³/mol. The summed E-state index contributed by atoms with van der Waals surface area (Å²) in [6, 6.07) is 8.16. The number of aliphatic hydroxyl groups is 1. The molecule has 1 aliphatic rings. The van der Waals surface area contributed by atoms with Gasteiger partial charge in [-0.2, -0.15) is 0 Å². The third kappa shape index (κ3) is 3.35. The summed E-state index contributed by atoms with van der Waals surface area (Å²) in [5.74, 6) is -4.93. The van der Waals surface area contributed by atoms with Crippen LogP contribution in [0.15, 0.2) is 36.5 Å². The molecule has 1 unspecified atom stereocenters. The molecule has 0 aliphatic carbocycles. The summed E-state index contributed by atoms with van der Waals surface area (Å²) in [4.78, 5) is 5.26. The van der Waals surface area contributed by atoms with E-state index in [1.807, 2.05) is 0 Å². The van der Waals surface area contributed by atoms with Crippen molar-refractivity contribution >= 4 is 17.4 Å². The lowest BCUT2D eigenvalue weighted by Crippen LogP contribution is -2.50. The second-order valence-corrected chi connectivity index (χ2v) is 6.33. The van der Waals surface area contributed by atoms with E-state index in [9.17, 15) is 13.2 Å². The molecule has 0 radical (unpaired) electrons. The summed E-state index contributed by atoms with van der Waals surface area (Å²) in [6.45, 7) is -1.01. The number of aliphatic hydroxyl groups excluding tert-OH is 1. The van der Waals surface area contributed by atoms with Gasteiger partial charge in [-0.05, 0) is 30.2 Å². The molecule has 1 aromatic heterocycles. The average Bonchev–Trinajstić information content (AvgIpc) is 2.54. The highest BCUT2D eigenvalue weighted by Gasteiger charge is 2.44. The third-order valence-electron chi connectivity index (χ3n) is 4.25. The quantitative estimate of drug-likeness (QED) is 0.903. The lowest BCUT2D eigenvalue weighted by atomic mass is 9.93. The number of hydrogen-bond donors (Lipinski definition) is 1. The van der Waals surface area contributed by atoms with Crippen molar-refractivity contribution in [2.24, 2.45) is 5.92 Å². The van der Waals surface area contributed by atoms with Crippen LogP contribution < -0.4 is 4.90 Å². The van der Waals surface area contributed by atoms with Crippen LogP contribution in [0.25, 0.3) is 11.1 Å². The van der Waals surface area contributed by atoms with Crippen molar-refractivity contribution in [1.29, 1.82) is 0 Å². The Hall–Kier alpha value is -1.79. The number of anilines is 1. The second kappa shape index (κ2) is 6.61. The molecule has 0 spiro atoms. The van der Waals surface area contributed by atoms with Crippen molar-refractivity contribution in [3.05, 3.63) is 47.4 Å². The van der Waals surface area contributed by atoms with Gasteiger partial charge in [-0.15, -0.1) is 0 Å². The van der Waals surface area contributed by atoms with Gasteiger partial charge in [0.1, 0.15) is 0 Å². The fourth-order valence-electron chi connectivity index (χ4n) is 2.88. The summed E-state index contributed by atoms with van der Waals surface area (Å²) in [5.41, 5.74) is 1.22. The van der Waals surface area contributed by atoms with Gasteiger partial charge in [0.2, 0.25) is 0 Å². The Morgan fingerprint density at radius 3 is 2.71 bits per heavy atom. The molecule has 1 aromatic carbocycles. The van der Waals surface area contributed by atoms with E-state index in [0.29, 0.717) is 16.1 Å². The van der Waals surface area contributed by atoms with E-state index in [4.69, 9.17) is 16.7 Å². The third-order valence-corrected chi connectivity index (χ3v) is 4.48. The molecule has 1 fully saturated rings. The standard InChI is InChI=1S/C17H16ClF3N2O/c18-14-3-1-2-11(6-14)12-7-15(19)16(22-8-12)23-5-4-13(9-24)17(20,21)10-23/h1-3,6-8,13,24H,4-5,9-10H2. The number of benzene rings is 1. The van der Waals surface area contributed by atoms with Crippen LogP contribution in [0.3, 0.4) is 0 Å². The molecule has 1 saturated heterocycles. The maximum absolute atomic E-state index is 14.4. The normalized spacial score (nSPS) is 20.2. The molecule has 1 atom stereocenters. The largest absolute Gasteiger partial charge is 0.396 e. The van der Waals surface area contributed by atoms with Gasteiger partial charge in [-0.3, -0.25) is 0 Å². The molecule has 1 N–H and O–H groups in total. The van der Waals surface area contributed by atoms with Gasteiger partial charge in [0, 0.05) is 29.2 Å². The summed E-state index contributed by atoms with van der Waals surface area (Å²) in [7, 11) is 0. The molecule has 3 nitrogen and oxygen atoms in total. The lowest BCUT2D eigenvalue weighted by molar-refractivity contribution is -0.0820. The lowest BCUT2D eigenvalue weighted by Gasteiger charge is -2.38. The molecule has 0 saturated carbocycles. The van der Waals surface area contributed by atoms with Crippen LogP contribution in [-0.4, -0.2) is 35.7 Å². The number of pyridine rings is 1. The molecule has 0 bridgehead atoms. The van der Waals surface area contributed by atoms with Crippen molar-refractivity contribution in [2.75, 3.05) is 24.6 Å². The van der Waals surface area contributed by atoms with Crippen LogP contribution in [0, 0.1) is 11.7 Å². The Labute approximate surface area is 142 Å². The van der Waals surface area contributed by atoms with E-state index < -0.39 is 30.8 Å². The summed E-state index contributed by atoms with van der Waals surface area (Å²) in [6.07, 6.45) is 1.53. The van der Waals surface area contributed by atoms with Gasteiger partial charge in [0.05, 0.1) is 13.2 Å². The van der Waals surface area contributed by atoms with Gasteiger partial charge < -0.3 is 10.0 Å². The van der Waals surface area contributed by atoms with Crippen LogP contribution in [-0.2, 0) is 0 Å². The zero-order valence-electron chi connectivity index (χ0n) is 12.7. The molecule has 24 heavy (non-hydrogen) atoms. The number of piperidine rings is 1. The molecule has 2 aromatic rings. The van der Waals surface area contributed by atoms with Crippen molar-refractivity contribution in [3.63, 3.8) is 0 Å². The fourth-order valence-corrected chi connectivity index (χ4v) is 3.07. The molecular weight excluding hydrogens is 341 g/mol. The number of alkyl halides is 2. The van der Waals surface area contributed by atoms with Crippen molar-refractivity contribution in [1.82, 2.24) is 4.98 Å². The Balaban J connectivity index is 1.86. The SMILES string of the molecule is OCC1CCN(c2ncc(-c3cccc(Cl)c3)cc2F)CC1(F)F. The maximum Gasteiger partial charge on any atom is 0.270 e. The summed E-state index contributed by atoms with van der Waals surface area (Å²) >= 11 is 5.92. The minimum Gasteiger partial charge on any atom is -0.396 e. The number of aromatic nitrogens is 1. The molecule has 1 aliphatic heterocycles. The van der Waals surface area contributed by atoms with E-state index >= 15 is 0 Å². The highest BCUT2D eigenvalue weighted by molar-refractivity contribution is 6.30. The van der Waals surface area contributed by atoms with E-state index in [1.54, 1.807) is 24.3 Å². The molecule has 0 amide bonds. The number of nitrogens with zero attached hydrogens (tertiary/aromatic N) is 2. The number of hydrogen-bond acceptors (Lipinski definition) is 3. The number of rotatable bonds is 3. The van der Waals surface area contributed by atoms with Gasteiger partial charge in [-0.25, -0.2) is 18.2 Å². The van der Waals surface area contributed by atoms with Crippen molar-refractivity contribution in [2.45, 2.75) is 12.3 Å². The van der Waals surface area contributed by atoms with Crippen molar-refractivity contribution < 1.29 is 18.3 Å². The van der Waals surface area contributed by atoms with E-state index in [2.05, 4.69) is 4.98 Å². The Bertz CT molecular complexity index is 742. The summed E-state index contributed by atoms with van der Waals surface area (Å²) in [5, 5.41) is 9.54. The second-order valence-electron chi connectivity index (χ2n) is 5.89. The molecule has 128 valence electrons. The Morgan fingerprint density at radius 2 is 2.08 bits per heavy atom. The van der Waals surface area contributed by atoms with Crippen LogP contribution >= 0.6 is 11.6 Å². The first-order chi connectivity index (χ1) is 11.4. The Kier molecular flexibility index (Phi) is 4.69. The minimum absolute atomic E-state index is 0.0840. The monoisotopic (exact) mass is 356 g/mol. The number of halogens is 4. The Morgan fingerprint density at radius 1 is 1.29 bits per heavy atom. The van der Waals surface area contributed by atoms with E-state index in [-0.39, 0.29) is 18.8 Å². The molecule has 3 rings (SSSR count). The van der Waals surface area contributed by atoms with Gasteiger partial charge >= 0.3 is 0 Å². The van der Waals surface area contributed by atoms with Crippen LogP contribution in [0.5, 0.6) is 0 Å². The van der Waals surface area contributed by atoms with Gasteiger partial charge in [0.25, 0.3) is 5.92 Å². The predicted octanol–water partition coefficient (Wildman–Crippen LogP) is 4.00. The van der Waals surface area contributed by atoms with Crippen molar-refractivity contribution in [3.8, 4) is 11.1 Å². The first-order valence-electron chi connectivity index (χ1n) is 7.56.